The molecule has 26 heavy (non-hydrogen) atoms. The summed E-state index contributed by atoms with van der Waals surface area (Å²) >= 11 is 0. The van der Waals surface area contributed by atoms with E-state index in [0.717, 1.165) is 51.8 Å². The van der Waals surface area contributed by atoms with Gasteiger partial charge in [0, 0.05) is 46.0 Å². The number of rotatable bonds is 9. The van der Waals surface area contributed by atoms with Gasteiger partial charge >= 0.3 is 0 Å². The minimum absolute atomic E-state index is 0.779. The predicted molar refractivity (Wildman–Crippen MR) is 111 cm³/mol. The highest BCUT2D eigenvalue weighted by atomic mass is 16.5. The molecule has 0 spiro atoms. The van der Waals surface area contributed by atoms with Gasteiger partial charge in [0.2, 0.25) is 0 Å². The summed E-state index contributed by atoms with van der Waals surface area (Å²) in [5.41, 5.74) is 2.60. The number of nitrogens with one attached hydrogen (secondary N) is 1. The van der Waals surface area contributed by atoms with E-state index in [1.54, 1.807) is 0 Å². The zero-order valence-electron chi connectivity index (χ0n) is 16.4. The van der Waals surface area contributed by atoms with E-state index in [1.165, 1.54) is 30.5 Å². The Bertz CT molecular complexity index is 567. The van der Waals surface area contributed by atoms with Crippen molar-refractivity contribution in [2.75, 3.05) is 51.8 Å². The lowest BCUT2D eigenvalue weighted by Crippen LogP contribution is -2.40. The number of anilines is 1. The predicted octanol–water partition coefficient (Wildman–Crippen LogP) is 3.28. The fourth-order valence-electron chi connectivity index (χ4n) is 3.25. The number of guanidine groups is 1. The van der Waals surface area contributed by atoms with E-state index in [9.17, 15) is 0 Å². The Morgan fingerprint density at radius 2 is 2.04 bits per heavy atom. The molecule has 0 amide bonds. The van der Waals surface area contributed by atoms with Crippen LogP contribution in [0.15, 0.2) is 41.9 Å². The zero-order chi connectivity index (χ0) is 18.6. The van der Waals surface area contributed by atoms with E-state index in [-0.39, 0.29) is 0 Å². The first-order valence-electron chi connectivity index (χ1n) is 9.69. The number of ether oxygens (including phenoxy) is 1. The number of allylic oxidation sites excluding steroid dienone is 1. The van der Waals surface area contributed by atoms with Crippen LogP contribution in [-0.2, 0) is 11.3 Å². The SMILES string of the molecule is C=CCCCCCN(C)C(=NC)NCc1ccccc1N1CCOCC1. The summed E-state index contributed by atoms with van der Waals surface area (Å²) < 4.78 is 5.48. The Morgan fingerprint density at radius 3 is 2.77 bits per heavy atom. The second-order valence-electron chi connectivity index (χ2n) is 6.69. The second kappa shape index (κ2) is 11.6. The quantitative estimate of drug-likeness (QED) is 0.318. The highest BCUT2D eigenvalue weighted by molar-refractivity contribution is 5.79. The first-order valence-corrected chi connectivity index (χ1v) is 9.69. The van der Waals surface area contributed by atoms with Crippen LogP contribution >= 0.6 is 0 Å². The van der Waals surface area contributed by atoms with Crippen molar-refractivity contribution >= 4 is 11.6 Å². The van der Waals surface area contributed by atoms with Gasteiger partial charge in [-0.15, -0.1) is 6.58 Å². The maximum Gasteiger partial charge on any atom is 0.193 e. The fraction of sp³-hybridized carbons (Fsp3) is 0.571. The molecule has 1 aliphatic rings. The number of para-hydroxylation sites is 1. The van der Waals surface area contributed by atoms with Crippen molar-refractivity contribution in [1.29, 1.82) is 0 Å². The monoisotopic (exact) mass is 358 g/mol. The van der Waals surface area contributed by atoms with Gasteiger partial charge in [0.05, 0.1) is 13.2 Å². The van der Waals surface area contributed by atoms with Crippen LogP contribution in [-0.4, -0.2) is 57.8 Å². The van der Waals surface area contributed by atoms with Crippen LogP contribution in [0.1, 0.15) is 31.2 Å². The molecule has 0 radical (unpaired) electrons. The Labute approximate surface area is 158 Å². The van der Waals surface area contributed by atoms with Gasteiger partial charge in [-0.2, -0.15) is 0 Å². The van der Waals surface area contributed by atoms with E-state index in [2.05, 4.69) is 58.0 Å². The largest absolute Gasteiger partial charge is 0.378 e. The molecule has 0 saturated carbocycles. The molecule has 1 aromatic carbocycles. The molecule has 1 aliphatic heterocycles. The molecular formula is C21H34N4O. The average Bonchev–Trinajstić information content (AvgIpc) is 2.69. The topological polar surface area (TPSA) is 40.1 Å². The third-order valence-corrected chi connectivity index (χ3v) is 4.76. The summed E-state index contributed by atoms with van der Waals surface area (Å²) in [5, 5.41) is 3.52. The van der Waals surface area contributed by atoms with Crippen LogP contribution in [0.5, 0.6) is 0 Å². The first-order chi connectivity index (χ1) is 12.8. The highest BCUT2D eigenvalue weighted by Crippen LogP contribution is 2.21. The van der Waals surface area contributed by atoms with Crippen LogP contribution in [0.4, 0.5) is 5.69 Å². The third-order valence-electron chi connectivity index (χ3n) is 4.76. The van der Waals surface area contributed by atoms with Crippen LogP contribution < -0.4 is 10.2 Å². The Hall–Kier alpha value is -2.01. The van der Waals surface area contributed by atoms with E-state index >= 15 is 0 Å². The van der Waals surface area contributed by atoms with E-state index in [4.69, 9.17) is 4.74 Å². The molecule has 1 fully saturated rings. The molecule has 144 valence electrons. The molecule has 0 bridgehead atoms. The summed E-state index contributed by atoms with van der Waals surface area (Å²) in [6.07, 6.45) is 6.73. The number of unbranched alkanes of at least 4 members (excludes halogenated alkanes) is 3. The van der Waals surface area contributed by atoms with Gasteiger partial charge in [-0.05, 0) is 30.9 Å². The van der Waals surface area contributed by atoms with Gasteiger partial charge in [-0.25, -0.2) is 0 Å². The second-order valence-corrected chi connectivity index (χ2v) is 6.69. The van der Waals surface area contributed by atoms with Gasteiger partial charge in [0.15, 0.2) is 5.96 Å². The van der Waals surface area contributed by atoms with E-state index < -0.39 is 0 Å². The van der Waals surface area contributed by atoms with Gasteiger partial charge in [-0.1, -0.05) is 30.7 Å². The first kappa shape index (κ1) is 20.3. The van der Waals surface area contributed by atoms with Crippen LogP contribution in [0.25, 0.3) is 0 Å². The van der Waals surface area contributed by atoms with Crippen LogP contribution in [0.3, 0.4) is 0 Å². The van der Waals surface area contributed by atoms with Crippen molar-refractivity contribution in [1.82, 2.24) is 10.2 Å². The van der Waals surface area contributed by atoms with Crippen LogP contribution in [0.2, 0.25) is 0 Å². The van der Waals surface area contributed by atoms with Crippen molar-refractivity contribution in [3.05, 3.63) is 42.5 Å². The molecule has 5 nitrogen and oxygen atoms in total. The lowest BCUT2D eigenvalue weighted by molar-refractivity contribution is 0.122. The minimum Gasteiger partial charge on any atom is -0.378 e. The lowest BCUT2D eigenvalue weighted by Gasteiger charge is -2.31. The molecule has 0 unspecified atom stereocenters. The smallest absolute Gasteiger partial charge is 0.193 e. The minimum atomic E-state index is 0.779. The summed E-state index contributed by atoms with van der Waals surface area (Å²) in [6, 6.07) is 8.61. The number of hydrogen-bond donors (Lipinski definition) is 1. The Morgan fingerprint density at radius 1 is 1.27 bits per heavy atom. The molecular weight excluding hydrogens is 324 g/mol. The molecule has 0 atom stereocenters. The third kappa shape index (κ3) is 6.37. The molecule has 1 heterocycles. The summed E-state index contributed by atoms with van der Waals surface area (Å²) in [7, 11) is 3.96. The highest BCUT2D eigenvalue weighted by Gasteiger charge is 2.15. The Kier molecular flexibility index (Phi) is 9.04. The molecule has 2 rings (SSSR count). The average molecular weight is 359 g/mol. The van der Waals surface area contributed by atoms with Gasteiger partial charge in [-0.3, -0.25) is 4.99 Å². The van der Waals surface area contributed by atoms with Gasteiger partial charge in [0.1, 0.15) is 0 Å². The summed E-state index contributed by atoms with van der Waals surface area (Å²) in [4.78, 5) is 9.06. The Balaban J connectivity index is 1.87. The maximum absolute atomic E-state index is 5.48. The standard InChI is InChI=1S/C21H34N4O/c1-4-5-6-7-10-13-24(3)21(22-2)23-18-19-11-8-9-12-20(19)25-14-16-26-17-15-25/h4,8-9,11-12H,1,5-7,10,13-18H2,2-3H3,(H,22,23). The van der Waals surface area contributed by atoms with Gasteiger partial charge in [0.25, 0.3) is 0 Å². The van der Waals surface area contributed by atoms with Gasteiger partial charge < -0.3 is 19.9 Å². The molecule has 1 aromatic rings. The maximum atomic E-state index is 5.48. The molecule has 0 aliphatic carbocycles. The van der Waals surface area contributed by atoms with Crippen molar-refractivity contribution in [2.45, 2.75) is 32.2 Å². The number of hydrogen-bond acceptors (Lipinski definition) is 3. The molecule has 0 aromatic heterocycles. The molecule has 1 saturated heterocycles. The van der Waals surface area contributed by atoms with Crippen molar-refractivity contribution < 1.29 is 4.74 Å². The number of benzene rings is 1. The fourth-order valence-corrected chi connectivity index (χ4v) is 3.25. The summed E-state index contributed by atoms with van der Waals surface area (Å²) in [5.74, 6) is 0.950. The van der Waals surface area contributed by atoms with E-state index in [0.29, 0.717) is 0 Å². The van der Waals surface area contributed by atoms with Crippen LogP contribution in [0, 0.1) is 0 Å². The number of aliphatic imine (C=N–C) groups is 1. The van der Waals surface area contributed by atoms with E-state index in [1.807, 2.05) is 13.1 Å². The lowest BCUT2D eigenvalue weighted by atomic mass is 10.1. The number of nitrogens with zero attached hydrogens (tertiary/aromatic N) is 3. The van der Waals surface area contributed by atoms with Crippen molar-refractivity contribution in [3.63, 3.8) is 0 Å². The molecule has 5 heteroatoms. The number of morpholine rings is 1. The summed E-state index contributed by atoms with van der Waals surface area (Å²) in [6.45, 7) is 9.09. The normalized spacial score (nSPS) is 15.0. The zero-order valence-corrected chi connectivity index (χ0v) is 16.4. The van der Waals surface area contributed by atoms with Crippen molar-refractivity contribution in [3.8, 4) is 0 Å². The van der Waals surface area contributed by atoms with Crippen molar-refractivity contribution in [2.24, 2.45) is 4.99 Å². The molecule has 1 N–H and O–H groups in total.